The number of carbonyl (C=O) groups is 2. The summed E-state index contributed by atoms with van der Waals surface area (Å²) >= 11 is 5.80. The lowest BCUT2D eigenvalue weighted by Gasteiger charge is -2.10. The first-order valence-corrected chi connectivity index (χ1v) is 6.34. The average molecular weight is 302 g/mol. The molecule has 0 spiro atoms. The second-order valence-electron chi connectivity index (χ2n) is 4.19. The molecule has 0 bridgehead atoms. The first-order chi connectivity index (χ1) is 9.40. The molecule has 20 heavy (non-hydrogen) atoms. The van der Waals surface area contributed by atoms with Gasteiger partial charge < -0.3 is 20.3 Å². The maximum atomic E-state index is 11.5. The lowest BCUT2D eigenvalue weighted by atomic mass is 10.2. The van der Waals surface area contributed by atoms with Gasteiger partial charge in [0.15, 0.2) is 12.7 Å². The van der Waals surface area contributed by atoms with Crippen LogP contribution in [0.4, 0.5) is 0 Å². The number of rotatable bonds is 7. The van der Waals surface area contributed by atoms with Crippen LogP contribution in [0.15, 0.2) is 18.2 Å². The largest absolute Gasteiger partial charge is 0.484 e. The second-order valence-corrected chi connectivity index (χ2v) is 4.63. The van der Waals surface area contributed by atoms with Crippen molar-refractivity contribution < 1.29 is 24.5 Å². The summed E-state index contributed by atoms with van der Waals surface area (Å²) in [5.41, 5.74) is 0.812. The third-order valence-corrected chi connectivity index (χ3v) is 2.76. The lowest BCUT2D eigenvalue weighted by Crippen LogP contribution is -2.33. The molecule has 0 fully saturated rings. The maximum Gasteiger partial charge on any atom is 0.332 e. The van der Waals surface area contributed by atoms with E-state index in [9.17, 15) is 9.59 Å². The molecule has 7 heteroatoms. The van der Waals surface area contributed by atoms with Gasteiger partial charge >= 0.3 is 5.97 Å². The van der Waals surface area contributed by atoms with Gasteiger partial charge in [-0.25, -0.2) is 4.79 Å². The zero-order chi connectivity index (χ0) is 15.1. The number of nitrogens with one attached hydrogen (secondary N) is 1. The third kappa shape index (κ3) is 5.46. The standard InChI is InChI=1S/C13H16ClNO5/c1-8-6-9(14)2-3-11(8)20-7-12(17)15-5-4-10(16)13(18)19/h2-3,6,10,16H,4-5,7H2,1H3,(H,15,17)(H,18,19). The van der Waals surface area contributed by atoms with E-state index in [1.54, 1.807) is 18.2 Å². The minimum atomic E-state index is -1.48. The number of aliphatic hydroxyl groups excluding tert-OH is 1. The van der Waals surface area contributed by atoms with E-state index < -0.39 is 18.0 Å². The molecule has 0 heterocycles. The highest BCUT2D eigenvalue weighted by Gasteiger charge is 2.13. The molecule has 0 aliphatic rings. The SMILES string of the molecule is Cc1cc(Cl)ccc1OCC(=O)NCCC(O)C(=O)O. The molecule has 110 valence electrons. The van der Waals surface area contributed by atoms with Crippen LogP contribution in [0.1, 0.15) is 12.0 Å². The number of ether oxygens (including phenoxy) is 1. The Bertz CT molecular complexity index is 492. The summed E-state index contributed by atoms with van der Waals surface area (Å²) in [6, 6.07) is 5.04. The topological polar surface area (TPSA) is 95.9 Å². The molecule has 0 aromatic heterocycles. The van der Waals surface area contributed by atoms with E-state index in [0.29, 0.717) is 10.8 Å². The number of halogens is 1. The van der Waals surface area contributed by atoms with Crippen LogP contribution in [0.3, 0.4) is 0 Å². The van der Waals surface area contributed by atoms with Crippen molar-refractivity contribution in [2.45, 2.75) is 19.4 Å². The van der Waals surface area contributed by atoms with Crippen LogP contribution in [0, 0.1) is 6.92 Å². The van der Waals surface area contributed by atoms with Crippen LogP contribution in [0.25, 0.3) is 0 Å². The summed E-state index contributed by atoms with van der Waals surface area (Å²) in [5.74, 6) is -1.15. The lowest BCUT2D eigenvalue weighted by molar-refractivity contribution is -0.147. The number of hydrogen-bond donors (Lipinski definition) is 3. The van der Waals surface area contributed by atoms with Crippen LogP contribution in [0.5, 0.6) is 5.75 Å². The Hall–Kier alpha value is -1.79. The normalized spacial score (nSPS) is 11.8. The Morgan fingerprint density at radius 2 is 2.15 bits per heavy atom. The van der Waals surface area contributed by atoms with Crippen molar-refractivity contribution in [1.82, 2.24) is 5.32 Å². The molecule has 0 radical (unpaired) electrons. The van der Waals surface area contributed by atoms with E-state index in [-0.39, 0.29) is 19.6 Å². The number of aryl methyl sites for hydroxylation is 1. The van der Waals surface area contributed by atoms with Crippen molar-refractivity contribution in [1.29, 1.82) is 0 Å². The minimum Gasteiger partial charge on any atom is -0.484 e. The average Bonchev–Trinajstić information content (AvgIpc) is 2.37. The second kappa shape index (κ2) is 7.72. The van der Waals surface area contributed by atoms with Crippen LogP contribution in [-0.4, -0.2) is 41.3 Å². The van der Waals surface area contributed by atoms with Crippen molar-refractivity contribution >= 4 is 23.5 Å². The molecule has 3 N–H and O–H groups in total. The van der Waals surface area contributed by atoms with Crippen molar-refractivity contribution in [3.05, 3.63) is 28.8 Å². The van der Waals surface area contributed by atoms with Gasteiger partial charge in [0.25, 0.3) is 5.91 Å². The number of carboxylic acids is 1. The number of benzene rings is 1. The fraction of sp³-hybridized carbons (Fsp3) is 0.385. The highest BCUT2D eigenvalue weighted by molar-refractivity contribution is 6.30. The molecule has 1 atom stereocenters. The van der Waals surface area contributed by atoms with Gasteiger partial charge in [0.1, 0.15) is 5.75 Å². The highest BCUT2D eigenvalue weighted by atomic mass is 35.5. The number of carbonyl (C=O) groups excluding carboxylic acids is 1. The monoisotopic (exact) mass is 301 g/mol. The van der Waals surface area contributed by atoms with Crippen LogP contribution in [-0.2, 0) is 9.59 Å². The van der Waals surface area contributed by atoms with Gasteiger partial charge in [-0.2, -0.15) is 0 Å². The van der Waals surface area contributed by atoms with Gasteiger partial charge in [-0.1, -0.05) is 11.6 Å². The van der Waals surface area contributed by atoms with Gasteiger partial charge in [-0.05, 0) is 30.7 Å². The number of aliphatic carboxylic acids is 1. The predicted molar refractivity (Wildman–Crippen MR) is 73.0 cm³/mol. The molecular formula is C13H16ClNO5. The quantitative estimate of drug-likeness (QED) is 0.697. The van der Waals surface area contributed by atoms with Crippen LogP contribution >= 0.6 is 11.6 Å². The zero-order valence-corrected chi connectivity index (χ0v) is 11.7. The summed E-state index contributed by atoms with van der Waals surface area (Å²) in [4.78, 5) is 21.8. The van der Waals surface area contributed by atoms with Crippen molar-refractivity contribution in [2.75, 3.05) is 13.2 Å². The van der Waals surface area contributed by atoms with Gasteiger partial charge in [0, 0.05) is 18.0 Å². The molecule has 0 saturated heterocycles. The van der Waals surface area contributed by atoms with E-state index in [1.807, 2.05) is 6.92 Å². The van der Waals surface area contributed by atoms with Crippen LogP contribution < -0.4 is 10.1 Å². The summed E-state index contributed by atoms with van der Waals surface area (Å²) in [6.07, 6.45) is -1.53. The molecule has 0 aliphatic heterocycles. The Kier molecular flexibility index (Phi) is 6.27. The van der Waals surface area contributed by atoms with Gasteiger partial charge in [0.05, 0.1) is 0 Å². The number of aliphatic hydroxyl groups is 1. The smallest absolute Gasteiger partial charge is 0.332 e. The fourth-order valence-corrected chi connectivity index (χ4v) is 1.67. The number of amides is 1. The van der Waals surface area contributed by atoms with E-state index in [0.717, 1.165) is 5.56 Å². The maximum absolute atomic E-state index is 11.5. The van der Waals surface area contributed by atoms with E-state index >= 15 is 0 Å². The van der Waals surface area contributed by atoms with Crippen LogP contribution in [0.2, 0.25) is 5.02 Å². The summed E-state index contributed by atoms with van der Waals surface area (Å²) in [6.45, 7) is 1.68. The Balaban J connectivity index is 2.31. The zero-order valence-electron chi connectivity index (χ0n) is 10.9. The third-order valence-electron chi connectivity index (χ3n) is 2.52. The summed E-state index contributed by atoms with van der Waals surface area (Å²) in [7, 11) is 0. The van der Waals surface area contributed by atoms with Gasteiger partial charge in [-0.3, -0.25) is 4.79 Å². The molecule has 0 saturated carbocycles. The van der Waals surface area contributed by atoms with Crippen molar-refractivity contribution in [3.63, 3.8) is 0 Å². The molecule has 1 amide bonds. The molecule has 1 aromatic carbocycles. The van der Waals surface area contributed by atoms with E-state index in [4.69, 9.17) is 26.6 Å². The predicted octanol–water partition coefficient (Wildman–Crippen LogP) is 0.979. The molecule has 1 aromatic rings. The Morgan fingerprint density at radius 1 is 1.45 bits per heavy atom. The first-order valence-electron chi connectivity index (χ1n) is 5.96. The summed E-state index contributed by atoms with van der Waals surface area (Å²) < 4.78 is 5.31. The number of carboxylic acid groups (broad SMARTS) is 1. The number of hydrogen-bond acceptors (Lipinski definition) is 4. The minimum absolute atomic E-state index is 0.0545. The van der Waals surface area contributed by atoms with E-state index in [1.165, 1.54) is 0 Å². The first kappa shape index (κ1) is 16.3. The summed E-state index contributed by atoms with van der Waals surface area (Å²) in [5, 5.41) is 20.5. The van der Waals surface area contributed by atoms with Crippen molar-refractivity contribution in [2.24, 2.45) is 0 Å². The molecule has 1 unspecified atom stereocenters. The van der Waals surface area contributed by atoms with Gasteiger partial charge in [-0.15, -0.1) is 0 Å². The molecule has 0 aliphatic carbocycles. The Morgan fingerprint density at radius 3 is 2.75 bits per heavy atom. The Labute approximate surface area is 121 Å². The van der Waals surface area contributed by atoms with E-state index in [2.05, 4.69) is 5.32 Å². The molecular weight excluding hydrogens is 286 g/mol. The van der Waals surface area contributed by atoms with Crippen molar-refractivity contribution in [3.8, 4) is 5.75 Å². The molecule has 1 rings (SSSR count). The fourth-order valence-electron chi connectivity index (χ4n) is 1.44. The molecule has 6 nitrogen and oxygen atoms in total. The van der Waals surface area contributed by atoms with Gasteiger partial charge in [0.2, 0.25) is 0 Å². The highest BCUT2D eigenvalue weighted by Crippen LogP contribution is 2.21.